The van der Waals surface area contributed by atoms with Gasteiger partial charge in [0, 0.05) is 18.2 Å². The Kier molecular flexibility index (Phi) is 4.39. The molecule has 0 spiro atoms. The van der Waals surface area contributed by atoms with E-state index >= 15 is 0 Å². The first-order valence-electron chi connectivity index (χ1n) is 8.75. The van der Waals surface area contributed by atoms with Crippen LogP contribution in [0.15, 0.2) is 59.1 Å². The van der Waals surface area contributed by atoms with Gasteiger partial charge in [-0.3, -0.25) is 4.79 Å². The highest BCUT2D eigenvalue weighted by atomic mass is 19.1. The first kappa shape index (κ1) is 17.3. The summed E-state index contributed by atoms with van der Waals surface area (Å²) in [4.78, 5) is 12.7. The largest absolute Gasteiger partial charge is 0.497 e. The molecule has 0 bridgehead atoms. The second-order valence-electron chi connectivity index (χ2n) is 6.70. The van der Waals surface area contributed by atoms with Crippen LogP contribution < -0.4 is 10.1 Å². The molecule has 1 aliphatic rings. The zero-order valence-electron chi connectivity index (χ0n) is 14.9. The van der Waals surface area contributed by atoms with Gasteiger partial charge in [-0.15, -0.1) is 0 Å². The van der Waals surface area contributed by atoms with Crippen LogP contribution >= 0.6 is 0 Å². The summed E-state index contributed by atoms with van der Waals surface area (Å²) in [6, 6.07) is 15.4. The fourth-order valence-electron chi connectivity index (χ4n) is 3.09. The molecule has 0 radical (unpaired) electrons. The topological polar surface area (TPSA) is 64.4 Å². The number of halogens is 1. The van der Waals surface area contributed by atoms with Crippen molar-refractivity contribution in [2.24, 2.45) is 0 Å². The summed E-state index contributed by atoms with van der Waals surface area (Å²) in [5.41, 5.74) is 1.69. The number of carbonyl (C=O) groups is 1. The van der Waals surface area contributed by atoms with Gasteiger partial charge in [-0.2, -0.15) is 0 Å². The molecule has 6 heteroatoms. The van der Waals surface area contributed by atoms with Gasteiger partial charge >= 0.3 is 0 Å². The number of ether oxygens (including phenoxy) is 1. The Morgan fingerprint density at radius 3 is 2.70 bits per heavy atom. The van der Waals surface area contributed by atoms with Crippen LogP contribution in [0.3, 0.4) is 0 Å². The van der Waals surface area contributed by atoms with Crippen LogP contribution in [0.4, 0.5) is 4.39 Å². The number of hydrogen-bond acceptors (Lipinski definition) is 4. The molecular weight excluding hydrogens is 347 g/mol. The van der Waals surface area contributed by atoms with Crippen LogP contribution in [0, 0.1) is 5.82 Å². The van der Waals surface area contributed by atoms with Crippen molar-refractivity contribution in [1.29, 1.82) is 0 Å². The van der Waals surface area contributed by atoms with Crippen molar-refractivity contribution < 1.29 is 18.4 Å². The van der Waals surface area contributed by atoms with E-state index in [-0.39, 0.29) is 11.7 Å². The van der Waals surface area contributed by atoms with E-state index in [9.17, 15) is 9.18 Å². The van der Waals surface area contributed by atoms with Gasteiger partial charge in [0.15, 0.2) is 5.76 Å². The summed E-state index contributed by atoms with van der Waals surface area (Å²) < 4.78 is 23.7. The molecule has 3 aromatic rings. The molecule has 1 saturated carbocycles. The zero-order valence-corrected chi connectivity index (χ0v) is 14.9. The molecule has 27 heavy (non-hydrogen) atoms. The van der Waals surface area contributed by atoms with Crippen LogP contribution in [0.5, 0.6) is 5.75 Å². The van der Waals surface area contributed by atoms with Crippen molar-refractivity contribution in [3.63, 3.8) is 0 Å². The third-order valence-electron chi connectivity index (χ3n) is 4.91. The van der Waals surface area contributed by atoms with E-state index in [4.69, 9.17) is 9.26 Å². The summed E-state index contributed by atoms with van der Waals surface area (Å²) in [5.74, 6) is 0.943. The molecule has 5 nitrogen and oxygen atoms in total. The van der Waals surface area contributed by atoms with Gasteiger partial charge in [-0.1, -0.05) is 29.4 Å². The maximum absolute atomic E-state index is 13.0. The van der Waals surface area contributed by atoms with Crippen molar-refractivity contribution in [3.8, 4) is 17.1 Å². The highest BCUT2D eigenvalue weighted by Crippen LogP contribution is 2.48. The first-order valence-corrected chi connectivity index (χ1v) is 8.75. The molecule has 0 atom stereocenters. The number of amides is 1. The molecule has 1 fully saturated rings. The molecule has 0 aliphatic heterocycles. The zero-order chi connectivity index (χ0) is 18.9. The summed E-state index contributed by atoms with van der Waals surface area (Å²) in [6.07, 6.45) is 1.46. The fraction of sp³-hybridized carbons (Fsp3) is 0.238. The van der Waals surface area contributed by atoms with Crippen molar-refractivity contribution in [2.75, 3.05) is 7.11 Å². The van der Waals surface area contributed by atoms with Crippen LogP contribution in [-0.4, -0.2) is 18.2 Å². The average Bonchev–Trinajstić information content (AvgIpc) is 3.37. The predicted octanol–water partition coefficient (Wildman–Crippen LogP) is 3.84. The van der Waals surface area contributed by atoms with Crippen LogP contribution in [0.2, 0.25) is 0 Å². The number of hydrogen-bond donors (Lipinski definition) is 1. The first-order chi connectivity index (χ1) is 13.1. The number of aromatic nitrogens is 1. The van der Waals surface area contributed by atoms with Gasteiger partial charge in [0.05, 0.1) is 18.2 Å². The minimum Gasteiger partial charge on any atom is -0.497 e. The normalized spacial score (nSPS) is 14.6. The minimum absolute atomic E-state index is 0.0858. The lowest BCUT2D eigenvalue weighted by molar-refractivity contribution is -0.123. The van der Waals surface area contributed by atoms with E-state index in [1.165, 1.54) is 12.1 Å². The Morgan fingerprint density at radius 2 is 2.00 bits per heavy atom. The smallest absolute Gasteiger partial charge is 0.232 e. The Balaban J connectivity index is 1.48. The predicted molar refractivity (Wildman–Crippen MR) is 97.6 cm³/mol. The summed E-state index contributed by atoms with van der Waals surface area (Å²) in [5, 5.41) is 7.07. The van der Waals surface area contributed by atoms with Gasteiger partial charge in [0.2, 0.25) is 5.91 Å². The molecule has 1 aromatic heterocycles. The van der Waals surface area contributed by atoms with Crippen LogP contribution in [0.25, 0.3) is 11.3 Å². The second-order valence-corrected chi connectivity index (χ2v) is 6.70. The number of rotatable bonds is 6. The minimum atomic E-state index is -0.638. The van der Waals surface area contributed by atoms with Gasteiger partial charge in [0.25, 0.3) is 0 Å². The lowest BCUT2D eigenvalue weighted by Crippen LogP contribution is -2.34. The summed E-state index contributed by atoms with van der Waals surface area (Å²) in [6.45, 7) is 0.349. The standard InChI is InChI=1S/C21H19FN2O3/c1-26-17-4-2-3-15(11-17)18-12-19(24-27-18)21(9-10-21)20(25)23-13-14-5-7-16(22)8-6-14/h2-8,11-12H,9-10,13H2,1H3,(H,23,25). The SMILES string of the molecule is COc1cccc(-c2cc(C3(C(=O)NCc4ccc(F)cc4)CC3)no2)c1. The highest BCUT2D eigenvalue weighted by Gasteiger charge is 2.53. The Labute approximate surface area is 156 Å². The summed E-state index contributed by atoms with van der Waals surface area (Å²) in [7, 11) is 1.61. The second kappa shape index (κ2) is 6.87. The lowest BCUT2D eigenvalue weighted by atomic mass is 10.00. The van der Waals surface area contributed by atoms with E-state index in [0.29, 0.717) is 18.0 Å². The van der Waals surface area contributed by atoms with Crippen molar-refractivity contribution in [1.82, 2.24) is 10.5 Å². The number of nitrogens with one attached hydrogen (secondary N) is 1. The number of methoxy groups -OCH3 is 1. The van der Waals surface area contributed by atoms with Gasteiger partial charge in [0.1, 0.15) is 11.6 Å². The number of carbonyl (C=O) groups excluding carboxylic acids is 1. The Hall–Kier alpha value is -3.15. The van der Waals surface area contributed by atoms with E-state index in [2.05, 4.69) is 10.5 Å². The monoisotopic (exact) mass is 366 g/mol. The van der Waals surface area contributed by atoms with E-state index < -0.39 is 5.41 Å². The number of nitrogens with zero attached hydrogens (tertiary/aromatic N) is 1. The molecule has 4 rings (SSSR count). The van der Waals surface area contributed by atoms with Crippen molar-refractivity contribution >= 4 is 5.91 Å². The molecule has 2 aromatic carbocycles. The molecule has 0 unspecified atom stereocenters. The Bertz CT molecular complexity index is 962. The van der Waals surface area contributed by atoms with E-state index in [0.717, 1.165) is 29.7 Å². The molecule has 0 saturated heterocycles. The average molecular weight is 366 g/mol. The van der Waals surface area contributed by atoms with Gasteiger partial charge in [-0.25, -0.2) is 4.39 Å². The third kappa shape index (κ3) is 3.43. The fourth-order valence-corrected chi connectivity index (χ4v) is 3.09. The molecule has 1 heterocycles. The molecule has 1 amide bonds. The Morgan fingerprint density at radius 1 is 1.22 bits per heavy atom. The molecular formula is C21H19FN2O3. The maximum Gasteiger partial charge on any atom is 0.232 e. The van der Waals surface area contributed by atoms with Crippen molar-refractivity contribution in [2.45, 2.75) is 24.8 Å². The lowest BCUT2D eigenvalue weighted by Gasteiger charge is -2.12. The molecule has 138 valence electrons. The van der Waals surface area contributed by atoms with Crippen LogP contribution in [0.1, 0.15) is 24.1 Å². The van der Waals surface area contributed by atoms with E-state index in [1.807, 2.05) is 30.3 Å². The quantitative estimate of drug-likeness (QED) is 0.720. The molecule has 1 aliphatic carbocycles. The van der Waals surface area contributed by atoms with Crippen molar-refractivity contribution in [3.05, 3.63) is 71.7 Å². The summed E-state index contributed by atoms with van der Waals surface area (Å²) >= 11 is 0. The van der Waals surface area contributed by atoms with Crippen LogP contribution in [-0.2, 0) is 16.8 Å². The maximum atomic E-state index is 13.0. The van der Waals surface area contributed by atoms with Gasteiger partial charge in [-0.05, 0) is 42.7 Å². The van der Waals surface area contributed by atoms with Gasteiger partial charge < -0.3 is 14.6 Å². The third-order valence-corrected chi connectivity index (χ3v) is 4.91. The van der Waals surface area contributed by atoms with E-state index in [1.54, 1.807) is 19.2 Å². The highest BCUT2D eigenvalue weighted by molar-refractivity contribution is 5.91. The number of benzene rings is 2. The molecule has 1 N–H and O–H groups in total.